The third kappa shape index (κ3) is 3.15. The Morgan fingerprint density at radius 2 is 1.86 bits per heavy atom. The zero-order valence-corrected chi connectivity index (χ0v) is 13.5. The Kier molecular flexibility index (Phi) is 4.88. The van der Waals surface area contributed by atoms with Crippen LogP contribution in [0.2, 0.25) is 5.02 Å². The van der Waals surface area contributed by atoms with Crippen molar-refractivity contribution in [2.24, 2.45) is 0 Å². The molecule has 22 heavy (non-hydrogen) atoms. The van der Waals surface area contributed by atoms with Crippen LogP contribution in [0.5, 0.6) is 0 Å². The highest BCUT2D eigenvalue weighted by molar-refractivity contribution is 7.92. The van der Waals surface area contributed by atoms with Gasteiger partial charge in [0.2, 0.25) is 0 Å². The zero-order chi connectivity index (χ0) is 16.3. The van der Waals surface area contributed by atoms with Crippen molar-refractivity contribution in [1.82, 2.24) is 0 Å². The summed E-state index contributed by atoms with van der Waals surface area (Å²) in [5.41, 5.74) is 1.12. The Bertz CT molecular complexity index is 788. The molecule has 0 heterocycles. The van der Waals surface area contributed by atoms with Crippen LogP contribution in [0.15, 0.2) is 60.0 Å². The molecule has 2 aromatic rings. The fourth-order valence-electron chi connectivity index (χ4n) is 2.04. The van der Waals surface area contributed by atoms with Crippen molar-refractivity contribution >= 4 is 27.3 Å². The Hall–Kier alpha value is -1.85. The van der Waals surface area contributed by atoms with Crippen LogP contribution in [0.1, 0.15) is 5.56 Å². The number of nitrogens with zero attached hydrogens (tertiary/aromatic N) is 1. The largest absolute Gasteiger partial charge is 0.264 e. The van der Waals surface area contributed by atoms with Gasteiger partial charge >= 0.3 is 0 Å². The molecule has 0 unspecified atom stereocenters. The van der Waals surface area contributed by atoms with E-state index in [-0.39, 0.29) is 11.4 Å². The highest BCUT2D eigenvalue weighted by Crippen LogP contribution is 2.30. The zero-order valence-electron chi connectivity index (χ0n) is 12.0. The van der Waals surface area contributed by atoms with E-state index >= 15 is 0 Å². The molecule has 0 aromatic heterocycles. The molecule has 6 heteroatoms. The number of hydrogen-bond donors (Lipinski definition) is 0. The van der Waals surface area contributed by atoms with Crippen LogP contribution in [0.25, 0.3) is 0 Å². The van der Waals surface area contributed by atoms with Crippen LogP contribution in [-0.4, -0.2) is 15.0 Å². The lowest BCUT2D eigenvalue weighted by atomic mass is 10.2. The van der Waals surface area contributed by atoms with E-state index in [0.29, 0.717) is 16.3 Å². The first kappa shape index (κ1) is 16.5. The van der Waals surface area contributed by atoms with Gasteiger partial charge in [-0.3, -0.25) is 4.31 Å². The first-order valence-electron chi connectivity index (χ1n) is 6.52. The van der Waals surface area contributed by atoms with E-state index < -0.39 is 15.8 Å². The minimum atomic E-state index is -3.84. The van der Waals surface area contributed by atoms with Gasteiger partial charge in [-0.2, -0.15) is 0 Å². The third-order valence-corrected chi connectivity index (χ3v) is 5.41. The van der Waals surface area contributed by atoms with E-state index in [1.165, 1.54) is 22.5 Å². The first-order valence-corrected chi connectivity index (χ1v) is 8.34. The lowest BCUT2D eigenvalue weighted by molar-refractivity contribution is 0.591. The number of anilines is 1. The van der Waals surface area contributed by atoms with Crippen molar-refractivity contribution in [3.63, 3.8) is 0 Å². The molecule has 0 amide bonds. The maximum Gasteiger partial charge on any atom is 0.264 e. The standard InChI is InChI=1S/C16H15ClFNO2S/c1-3-11-19(16-6-4-5-15(17)12(16)2)22(20,21)14-9-7-13(18)8-10-14/h3-10H,1,11H2,2H3. The van der Waals surface area contributed by atoms with Crippen LogP contribution < -0.4 is 4.31 Å². The second kappa shape index (κ2) is 6.50. The second-order valence-corrected chi connectivity index (χ2v) is 6.93. The Labute approximate surface area is 134 Å². The summed E-state index contributed by atoms with van der Waals surface area (Å²) in [7, 11) is -3.84. The molecule has 0 atom stereocenters. The quantitative estimate of drug-likeness (QED) is 0.767. The van der Waals surface area contributed by atoms with Crippen molar-refractivity contribution in [3.8, 4) is 0 Å². The molecule has 116 valence electrons. The molecule has 0 radical (unpaired) electrons. The van der Waals surface area contributed by atoms with E-state index in [2.05, 4.69) is 6.58 Å². The fourth-order valence-corrected chi connectivity index (χ4v) is 3.71. The minimum absolute atomic E-state index is 0.00938. The first-order chi connectivity index (χ1) is 10.4. The van der Waals surface area contributed by atoms with Gasteiger partial charge in [0.15, 0.2) is 0 Å². The van der Waals surface area contributed by atoms with Crippen LogP contribution in [0.3, 0.4) is 0 Å². The molecule has 0 aliphatic carbocycles. The Balaban J connectivity index is 2.58. The summed E-state index contributed by atoms with van der Waals surface area (Å²) in [6.45, 7) is 5.43. The number of hydrogen-bond acceptors (Lipinski definition) is 2. The van der Waals surface area contributed by atoms with Gasteiger partial charge in [0.05, 0.1) is 17.1 Å². The lowest BCUT2D eigenvalue weighted by Gasteiger charge is -2.25. The van der Waals surface area contributed by atoms with E-state index in [1.807, 2.05) is 0 Å². The molecule has 2 rings (SSSR count). The maximum atomic E-state index is 13.0. The van der Waals surface area contributed by atoms with Crippen molar-refractivity contribution in [3.05, 3.63) is 71.5 Å². The predicted octanol–water partition coefficient (Wildman–Crippen LogP) is 4.17. The Morgan fingerprint density at radius 1 is 1.23 bits per heavy atom. The van der Waals surface area contributed by atoms with E-state index in [9.17, 15) is 12.8 Å². The molecule has 3 nitrogen and oxygen atoms in total. The summed E-state index contributed by atoms with van der Waals surface area (Å²) in [5, 5.41) is 0.473. The highest BCUT2D eigenvalue weighted by atomic mass is 35.5. The molecule has 0 aliphatic rings. The molecule has 0 N–H and O–H groups in total. The molecule has 0 bridgehead atoms. The van der Waals surface area contributed by atoms with Crippen molar-refractivity contribution < 1.29 is 12.8 Å². The van der Waals surface area contributed by atoms with Crippen molar-refractivity contribution in [1.29, 1.82) is 0 Å². The third-order valence-electron chi connectivity index (χ3n) is 3.20. The summed E-state index contributed by atoms with van der Waals surface area (Å²) in [6, 6.07) is 9.75. The minimum Gasteiger partial charge on any atom is -0.262 e. The van der Waals surface area contributed by atoms with Crippen LogP contribution >= 0.6 is 11.6 Å². The highest BCUT2D eigenvalue weighted by Gasteiger charge is 2.25. The molecular formula is C16H15ClFNO2S. The predicted molar refractivity (Wildman–Crippen MR) is 87.3 cm³/mol. The molecule has 0 aliphatic heterocycles. The Morgan fingerprint density at radius 3 is 2.45 bits per heavy atom. The summed E-state index contributed by atoms with van der Waals surface area (Å²) < 4.78 is 39.8. The summed E-state index contributed by atoms with van der Waals surface area (Å²) in [6.07, 6.45) is 1.49. The average molecular weight is 340 g/mol. The van der Waals surface area contributed by atoms with Crippen molar-refractivity contribution in [2.75, 3.05) is 10.8 Å². The van der Waals surface area contributed by atoms with E-state index in [4.69, 9.17) is 11.6 Å². The second-order valence-electron chi connectivity index (χ2n) is 4.66. The fraction of sp³-hybridized carbons (Fsp3) is 0.125. The topological polar surface area (TPSA) is 37.4 Å². The molecular weight excluding hydrogens is 325 g/mol. The number of rotatable bonds is 5. The van der Waals surface area contributed by atoms with Gasteiger partial charge in [-0.1, -0.05) is 23.7 Å². The van der Waals surface area contributed by atoms with Crippen molar-refractivity contribution in [2.45, 2.75) is 11.8 Å². The average Bonchev–Trinajstić information content (AvgIpc) is 2.48. The normalized spacial score (nSPS) is 11.2. The SMILES string of the molecule is C=CCN(c1cccc(Cl)c1C)S(=O)(=O)c1ccc(F)cc1. The van der Waals surface area contributed by atoms with Crippen LogP contribution in [0, 0.1) is 12.7 Å². The molecule has 2 aromatic carbocycles. The molecule has 0 fully saturated rings. The summed E-state index contributed by atoms with van der Waals surface area (Å²) in [4.78, 5) is 0.00938. The summed E-state index contributed by atoms with van der Waals surface area (Å²) in [5.74, 6) is -0.492. The number of halogens is 2. The van der Waals surface area contributed by atoms with Gasteiger partial charge in [-0.15, -0.1) is 6.58 Å². The maximum absolute atomic E-state index is 13.0. The van der Waals surface area contributed by atoms with Crippen LogP contribution in [0.4, 0.5) is 10.1 Å². The monoisotopic (exact) mass is 339 g/mol. The van der Waals surface area contributed by atoms with Gasteiger partial charge in [0.25, 0.3) is 10.0 Å². The molecule has 0 spiro atoms. The lowest BCUT2D eigenvalue weighted by Crippen LogP contribution is -2.31. The van der Waals surface area contributed by atoms with Crippen LogP contribution in [-0.2, 0) is 10.0 Å². The molecule has 0 saturated heterocycles. The van der Waals surface area contributed by atoms with Gasteiger partial charge in [0.1, 0.15) is 5.82 Å². The smallest absolute Gasteiger partial charge is 0.262 e. The van der Waals surface area contributed by atoms with Gasteiger partial charge < -0.3 is 0 Å². The number of benzene rings is 2. The van der Waals surface area contributed by atoms with E-state index in [1.54, 1.807) is 25.1 Å². The van der Waals surface area contributed by atoms with Gasteiger partial charge in [0, 0.05) is 5.02 Å². The van der Waals surface area contributed by atoms with Gasteiger partial charge in [-0.25, -0.2) is 12.8 Å². The number of sulfonamides is 1. The van der Waals surface area contributed by atoms with Gasteiger partial charge in [-0.05, 0) is 48.9 Å². The van der Waals surface area contributed by atoms with E-state index in [0.717, 1.165) is 12.1 Å². The molecule has 0 saturated carbocycles. The summed E-state index contributed by atoms with van der Waals surface area (Å²) >= 11 is 6.08.